The fourth-order valence-corrected chi connectivity index (χ4v) is 1.66. The number of nitro benzene ring substituents is 1. The first-order chi connectivity index (χ1) is 9.90. The van der Waals surface area contributed by atoms with Crippen LogP contribution < -0.4 is 5.32 Å². The molecule has 1 amide bonds. The molecule has 0 aliphatic heterocycles. The van der Waals surface area contributed by atoms with E-state index in [1.165, 1.54) is 0 Å². The van der Waals surface area contributed by atoms with Gasteiger partial charge in [-0.25, -0.2) is 8.78 Å². The van der Waals surface area contributed by atoms with Gasteiger partial charge in [0.05, 0.1) is 4.92 Å². The van der Waals surface area contributed by atoms with E-state index in [4.69, 9.17) is 0 Å². The fourth-order valence-electron chi connectivity index (χ4n) is 1.66. The fraction of sp³-hybridized carbons (Fsp3) is 0. The summed E-state index contributed by atoms with van der Waals surface area (Å²) in [6.45, 7) is 0. The number of nitro groups is 1. The van der Waals surface area contributed by atoms with Crippen molar-refractivity contribution in [2.45, 2.75) is 0 Å². The molecule has 0 unspecified atom stereocenters. The SMILES string of the molecule is O=C(Nc1c(F)cccc1F)c1cc(O)ccc1[N+](=O)[O-]. The second-order valence-corrected chi connectivity index (χ2v) is 4.01. The van der Waals surface area contributed by atoms with Crippen LogP contribution in [0.5, 0.6) is 5.75 Å². The van der Waals surface area contributed by atoms with Crippen LogP contribution in [0.25, 0.3) is 0 Å². The summed E-state index contributed by atoms with van der Waals surface area (Å²) >= 11 is 0. The van der Waals surface area contributed by atoms with E-state index in [-0.39, 0.29) is 5.75 Å². The number of benzene rings is 2. The van der Waals surface area contributed by atoms with Crippen LogP contribution in [0.2, 0.25) is 0 Å². The van der Waals surface area contributed by atoms with Gasteiger partial charge < -0.3 is 10.4 Å². The van der Waals surface area contributed by atoms with Crippen molar-refractivity contribution in [2.75, 3.05) is 5.32 Å². The second-order valence-electron chi connectivity index (χ2n) is 4.01. The molecular formula is C13H8F2N2O4. The Morgan fingerprint density at radius 2 is 1.81 bits per heavy atom. The molecule has 21 heavy (non-hydrogen) atoms. The normalized spacial score (nSPS) is 10.2. The number of halogens is 2. The minimum absolute atomic E-state index is 0.389. The number of nitrogens with zero attached hydrogens (tertiary/aromatic N) is 1. The molecule has 0 aliphatic carbocycles. The molecule has 0 aliphatic rings. The Labute approximate surface area is 116 Å². The van der Waals surface area contributed by atoms with Gasteiger partial charge in [0.25, 0.3) is 11.6 Å². The number of hydrogen-bond acceptors (Lipinski definition) is 4. The van der Waals surface area contributed by atoms with Gasteiger partial charge in [0.2, 0.25) is 0 Å². The molecule has 0 heterocycles. The summed E-state index contributed by atoms with van der Waals surface area (Å²) in [7, 11) is 0. The minimum atomic E-state index is -1.11. The highest BCUT2D eigenvalue weighted by Crippen LogP contribution is 2.25. The van der Waals surface area contributed by atoms with E-state index >= 15 is 0 Å². The molecule has 108 valence electrons. The first-order valence-electron chi connectivity index (χ1n) is 5.63. The number of hydrogen-bond donors (Lipinski definition) is 2. The van der Waals surface area contributed by atoms with Crippen molar-refractivity contribution < 1.29 is 23.6 Å². The number of anilines is 1. The summed E-state index contributed by atoms with van der Waals surface area (Å²) in [5, 5.41) is 22.0. The zero-order valence-corrected chi connectivity index (χ0v) is 10.3. The van der Waals surface area contributed by atoms with E-state index in [9.17, 15) is 28.8 Å². The molecule has 8 heteroatoms. The molecule has 2 rings (SSSR count). The molecule has 0 aromatic heterocycles. The van der Waals surface area contributed by atoms with Crippen molar-refractivity contribution in [1.29, 1.82) is 0 Å². The molecule has 0 bridgehead atoms. The van der Waals surface area contributed by atoms with Crippen LogP contribution in [0.1, 0.15) is 10.4 Å². The number of para-hydroxylation sites is 1. The van der Waals surface area contributed by atoms with E-state index in [0.717, 1.165) is 36.4 Å². The van der Waals surface area contributed by atoms with Gasteiger partial charge in [-0.2, -0.15) is 0 Å². The lowest BCUT2D eigenvalue weighted by Crippen LogP contribution is -2.16. The van der Waals surface area contributed by atoms with Gasteiger partial charge in [0, 0.05) is 6.07 Å². The molecule has 0 fully saturated rings. The third-order valence-corrected chi connectivity index (χ3v) is 2.62. The highest BCUT2D eigenvalue weighted by molar-refractivity contribution is 6.07. The Balaban J connectivity index is 2.41. The van der Waals surface area contributed by atoms with Crippen molar-refractivity contribution >= 4 is 17.3 Å². The lowest BCUT2D eigenvalue weighted by atomic mass is 10.1. The second kappa shape index (κ2) is 5.53. The number of rotatable bonds is 3. The highest BCUT2D eigenvalue weighted by atomic mass is 19.1. The molecule has 2 N–H and O–H groups in total. The first-order valence-corrected chi connectivity index (χ1v) is 5.63. The van der Waals surface area contributed by atoms with Crippen molar-refractivity contribution in [3.63, 3.8) is 0 Å². The van der Waals surface area contributed by atoms with Crippen molar-refractivity contribution in [3.8, 4) is 5.75 Å². The molecule has 2 aromatic rings. The van der Waals surface area contributed by atoms with E-state index in [1.54, 1.807) is 0 Å². The quantitative estimate of drug-likeness (QED) is 0.672. The third kappa shape index (κ3) is 2.94. The zero-order chi connectivity index (χ0) is 15.6. The van der Waals surface area contributed by atoms with Crippen LogP contribution in [-0.4, -0.2) is 15.9 Å². The van der Waals surface area contributed by atoms with Crippen LogP contribution in [0.15, 0.2) is 36.4 Å². The third-order valence-electron chi connectivity index (χ3n) is 2.62. The lowest BCUT2D eigenvalue weighted by molar-refractivity contribution is -0.385. The van der Waals surface area contributed by atoms with Gasteiger partial charge in [-0.15, -0.1) is 0 Å². The smallest absolute Gasteiger partial charge is 0.282 e. The maximum Gasteiger partial charge on any atom is 0.282 e. The molecule has 0 atom stereocenters. The molecule has 2 aromatic carbocycles. The topological polar surface area (TPSA) is 92.5 Å². The Morgan fingerprint density at radius 3 is 2.38 bits per heavy atom. The van der Waals surface area contributed by atoms with Crippen LogP contribution in [0.4, 0.5) is 20.2 Å². The van der Waals surface area contributed by atoms with E-state index in [0.29, 0.717) is 0 Å². The molecule has 0 spiro atoms. The minimum Gasteiger partial charge on any atom is -0.508 e. The summed E-state index contributed by atoms with van der Waals surface area (Å²) in [5.41, 5.74) is -1.83. The van der Waals surface area contributed by atoms with Gasteiger partial charge in [0.1, 0.15) is 28.6 Å². The Bertz CT molecular complexity index is 714. The molecular weight excluding hydrogens is 286 g/mol. The average molecular weight is 294 g/mol. The van der Waals surface area contributed by atoms with Gasteiger partial charge in [0.15, 0.2) is 0 Å². The van der Waals surface area contributed by atoms with Gasteiger partial charge in [-0.05, 0) is 24.3 Å². The number of aromatic hydroxyl groups is 1. The summed E-state index contributed by atoms with van der Waals surface area (Å²) < 4.78 is 26.9. The Hall–Kier alpha value is -3.03. The maximum absolute atomic E-state index is 13.4. The number of phenols is 1. The zero-order valence-electron chi connectivity index (χ0n) is 10.3. The van der Waals surface area contributed by atoms with E-state index < -0.39 is 39.4 Å². The molecule has 0 radical (unpaired) electrons. The number of nitrogens with one attached hydrogen (secondary N) is 1. The van der Waals surface area contributed by atoms with Gasteiger partial charge >= 0.3 is 0 Å². The molecule has 0 saturated heterocycles. The largest absolute Gasteiger partial charge is 0.508 e. The van der Waals surface area contributed by atoms with Crippen molar-refractivity contribution in [3.05, 3.63) is 63.7 Å². The monoisotopic (exact) mass is 294 g/mol. The van der Waals surface area contributed by atoms with Gasteiger partial charge in [-0.1, -0.05) is 6.07 Å². The van der Waals surface area contributed by atoms with E-state index in [2.05, 4.69) is 0 Å². The van der Waals surface area contributed by atoms with E-state index in [1.807, 2.05) is 5.32 Å². The van der Waals surface area contributed by atoms with Crippen molar-refractivity contribution in [1.82, 2.24) is 0 Å². The highest BCUT2D eigenvalue weighted by Gasteiger charge is 2.22. The first kappa shape index (κ1) is 14.4. The summed E-state index contributed by atoms with van der Waals surface area (Å²) in [6.07, 6.45) is 0. The maximum atomic E-state index is 13.4. The Kier molecular flexibility index (Phi) is 3.79. The lowest BCUT2D eigenvalue weighted by Gasteiger charge is -2.08. The number of carbonyl (C=O) groups is 1. The molecule has 0 saturated carbocycles. The number of amides is 1. The number of phenolic OH excluding ortho intramolecular Hbond substituents is 1. The average Bonchev–Trinajstić information content (AvgIpc) is 2.42. The summed E-state index contributed by atoms with van der Waals surface area (Å²) in [4.78, 5) is 21.9. The summed E-state index contributed by atoms with van der Waals surface area (Å²) in [5.74, 6) is -3.54. The number of carbonyl (C=O) groups excluding carboxylic acids is 1. The van der Waals surface area contributed by atoms with Crippen molar-refractivity contribution in [2.24, 2.45) is 0 Å². The van der Waals surface area contributed by atoms with Gasteiger partial charge in [-0.3, -0.25) is 14.9 Å². The van der Waals surface area contributed by atoms with Crippen LogP contribution in [-0.2, 0) is 0 Å². The standard InChI is InChI=1S/C13H8F2N2O4/c14-9-2-1-3-10(15)12(9)16-13(19)8-6-7(18)4-5-11(8)17(20)21/h1-6,18H,(H,16,19). The van der Waals surface area contributed by atoms with Crippen LogP contribution >= 0.6 is 0 Å². The van der Waals surface area contributed by atoms with Crippen LogP contribution in [0.3, 0.4) is 0 Å². The predicted octanol–water partition coefficient (Wildman–Crippen LogP) is 2.83. The summed E-state index contributed by atoms with van der Waals surface area (Å²) in [6, 6.07) is 5.75. The molecule has 6 nitrogen and oxygen atoms in total. The Morgan fingerprint density at radius 1 is 1.19 bits per heavy atom. The van der Waals surface area contributed by atoms with Crippen LogP contribution in [0, 0.1) is 21.7 Å². The predicted molar refractivity (Wildman–Crippen MR) is 69.1 cm³/mol.